The highest BCUT2D eigenvalue weighted by Gasteiger charge is 2.11. The van der Waals surface area contributed by atoms with Gasteiger partial charge >= 0.3 is 0 Å². The lowest BCUT2D eigenvalue weighted by molar-refractivity contribution is 0.278. The molecule has 0 saturated carbocycles. The summed E-state index contributed by atoms with van der Waals surface area (Å²) in [6, 6.07) is 2.25. The fourth-order valence-corrected chi connectivity index (χ4v) is 1.20. The summed E-state index contributed by atoms with van der Waals surface area (Å²) in [6.07, 6.45) is 2.83. The minimum atomic E-state index is -0.744. The van der Waals surface area contributed by atoms with Crippen LogP contribution in [0.3, 0.4) is 0 Å². The second kappa shape index (κ2) is 6.05. The van der Waals surface area contributed by atoms with Crippen LogP contribution in [0, 0.1) is 11.6 Å². The Labute approximate surface area is 92.9 Å². The van der Waals surface area contributed by atoms with E-state index in [1.54, 1.807) is 0 Å². The number of rotatable bonds is 5. The quantitative estimate of drug-likeness (QED) is 0.364. The number of hydrazone groups is 1. The third-order valence-corrected chi connectivity index (χ3v) is 1.99. The Balaban J connectivity index is 2.85. The summed E-state index contributed by atoms with van der Waals surface area (Å²) in [6.45, 7) is 2.27. The van der Waals surface area contributed by atoms with E-state index in [0.717, 1.165) is 25.0 Å². The van der Waals surface area contributed by atoms with Crippen LogP contribution in [0.15, 0.2) is 17.2 Å². The molecule has 0 fully saturated rings. The van der Waals surface area contributed by atoms with Crippen molar-refractivity contribution in [1.82, 2.24) is 0 Å². The molecule has 1 rings (SSSR count). The molecule has 0 spiro atoms. The smallest absolute Gasteiger partial charge is 0.190 e. The second-order valence-corrected chi connectivity index (χ2v) is 3.29. The number of nitrogens with zero attached hydrogens (tertiary/aromatic N) is 1. The van der Waals surface area contributed by atoms with E-state index >= 15 is 0 Å². The third-order valence-electron chi connectivity index (χ3n) is 1.99. The minimum absolute atomic E-state index is 0.264. The number of unbranched alkanes of at least 4 members (excludes halogenated alkanes) is 1. The van der Waals surface area contributed by atoms with Gasteiger partial charge in [-0.05, 0) is 18.6 Å². The van der Waals surface area contributed by atoms with E-state index < -0.39 is 11.6 Å². The van der Waals surface area contributed by atoms with Crippen molar-refractivity contribution in [3.8, 4) is 5.75 Å². The second-order valence-electron chi connectivity index (χ2n) is 3.29. The van der Waals surface area contributed by atoms with Crippen LogP contribution in [-0.2, 0) is 0 Å². The number of nitrogens with two attached hydrogens (primary N) is 1. The van der Waals surface area contributed by atoms with Crippen molar-refractivity contribution < 1.29 is 13.5 Å². The zero-order chi connectivity index (χ0) is 12.0. The van der Waals surface area contributed by atoms with Crippen molar-refractivity contribution in [2.75, 3.05) is 6.61 Å². The van der Waals surface area contributed by atoms with Gasteiger partial charge < -0.3 is 10.6 Å². The Morgan fingerprint density at radius 3 is 2.50 bits per heavy atom. The standard InChI is InChI=1S/C11H14F2N2O/c1-2-3-4-16-11-9(12)5-8(7-15-14)6-10(11)13/h5-7H,2-4,14H2,1H3. The number of benzene rings is 1. The van der Waals surface area contributed by atoms with Gasteiger partial charge in [0.25, 0.3) is 0 Å². The van der Waals surface area contributed by atoms with Crippen LogP contribution in [0.5, 0.6) is 5.75 Å². The van der Waals surface area contributed by atoms with Crippen LogP contribution < -0.4 is 10.6 Å². The van der Waals surface area contributed by atoms with Gasteiger partial charge in [0.15, 0.2) is 17.4 Å². The zero-order valence-corrected chi connectivity index (χ0v) is 9.04. The first-order valence-corrected chi connectivity index (χ1v) is 5.04. The van der Waals surface area contributed by atoms with Crippen molar-refractivity contribution >= 4 is 6.21 Å². The van der Waals surface area contributed by atoms with Gasteiger partial charge in [-0.15, -0.1) is 0 Å². The maximum atomic E-state index is 13.4. The lowest BCUT2D eigenvalue weighted by Gasteiger charge is -2.08. The van der Waals surface area contributed by atoms with Crippen LogP contribution in [-0.4, -0.2) is 12.8 Å². The average Bonchev–Trinajstić information content (AvgIpc) is 2.23. The highest BCUT2D eigenvalue weighted by molar-refractivity contribution is 5.79. The van der Waals surface area contributed by atoms with Crippen LogP contribution >= 0.6 is 0 Å². The Morgan fingerprint density at radius 1 is 1.38 bits per heavy atom. The molecule has 0 radical (unpaired) electrons. The molecular weight excluding hydrogens is 214 g/mol. The molecule has 0 saturated heterocycles. The van der Waals surface area contributed by atoms with Gasteiger partial charge in [-0.25, -0.2) is 8.78 Å². The van der Waals surface area contributed by atoms with Crippen molar-refractivity contribution in [1.29, 1.82) is 0 Å². The maximum absolute atomic E-state index is 13.4. The van der Waals surface area contributed by atoms with Gasteiger partial charge in [0.05, 0.1) is 12.8 Å². The van der Waals surface area contributed by atoms with E-state index in [1.165, 1.54) is 6.21 Å². The maximum Gasteiger partial charge on any atom is 0.190 e. The summed E-state index contributed by atoms with van der Waals surface area (Å²) in [4.78, 5) is 0. The molecule has 0 atom stereocenters. The normalized spacial score (nSPS) is 10.9. The molecule has 0 bridgehead atoms. The lowest BCUT2D eigenvalue weighted by Crippen LogP contribution is -2.02. The van der Waals surface area contributed by atoms with Crippen molar-refractivity contribution in [3.05, 3.63) is 29.3 Å². The molecule has 1 aromatic rings. The van der Waals surface area contributed by atoms with Crippen LogP contribution in [0.25, 0.3) is 0 Å². The van der Waals surface area contributed by atoms with E-state index in [0.29, 0.717) is 6.61 Å². The van der Waals surface area contributed by atoms with E-state index in [4.69, 9.17) is 10.6 Å². The van der Waals surface area contributed by atoms with Crippen LogP contribution in [0.1, 0.15) is 25.3 Å². The topological polar surface area (TPSA) is 47.6 Å². The molecule has 0 aromatic heterocycles. The first kappa shape index (κ1) is 12.4. The molecule has 0 unspecified atom stereocenters. The summed E-state index contributed by atoms with van der Waals surface area (Å²) < 4.78 is 31.8. The molecular formula is C11H14F2N2O. The van der Waals surface area contributed by atoms with E-state index in [9.17, 15) is 8.78 Å². The monoisotopic (exact) mass is 228 g/mol. The van der Waals surface area contributed by atoms with Gasteiger partial charge in [0.2, 0.25) is 0 Å². The largest absolute Gasteiger partial charge is 0.488 e. The first-order chi connectivity index (χ1) is 7.69. The summed E-state index contributed by atoms with van der Waals surface area (Å²) in [5.74, 6) is 3.06. The molecule has 88 valence electrons. The average molecular weight is 228 g/mol. The van der Waals surface area contributed by atoms with Gasteiger partial charge in [0.1, 0.15) is 0 Å². The molecule has 3 nitrogen and oxygen atoms in total. The molecule has 5 heteroatoms. The Morgan fingerprint density at radius 2 is 2.00 bits per heavy atom. The van der Waals surface area contributed by atoms with Crippen molar-refractivity contribution in [2.45, 2.75) is 19.8 Å². The molecule has 0 aliphatic carbocycles. The van der Waals surface area contributed by atoms with Crippen molar-refractivity contribution in [3.63, 3.8) is 0 Å². The fraction of sp³-hybridized carbons (Fsp3) is 0.364. The predicted molar refractivity (Wildman–Crippen MR) is 58.5 cm³/mol. The molecule has 16 heavy (non-hydrogen) atoms. The highest BCUT2D eigenvalue weighted by Crippen LogP contribution is 2.22. The number of hydrogen-bond donors (Lipinski definition) is 1. The Bertz CT molecular complexity index is 357. The summed E-state index contributed by atoms with van der Waals surface area (Å²) >= 11 is 0. The van der Waals surface area contributed by atoms with Gasteiger partial charge in [-0.1, -0.05) is 13.3 Å². The molecule has 0 amide bonds. The number of halogens is 2. The number of hydrogen-bond acceptors (Lipinski definition) is 3. The van der Waals surface area contributed by atoms with E-state index in [2.05, 4.69) is 5.10 Å². The van der Waals surface area contributed by atoms with Gasteiger partial charge in [-0.2, -0.15) is 5.10 Å². The molecule has 2 N–H and O–H groups in total. The zero-order valence-electron chi connectivity index (χ0n) is 9.04. The SMILES string of the molecule is CCCCOc1c(F)cc(C=NN)cc1F. The van der Waals surface area contributed by atoms with Gasteiger partial charge in [-0.3, -0.25) is 0 Å². The molecule has 0 aliphatic heterocycles. The minimum Gasteiger partial charge on any atom is -0.488 e. The van der Waals surface area contributed by atoms with E-state index in [-0.39, 0.29) is 11.3 Å². The number of ether oxygens (including phenoxy) is 1. The third kappa shape index (κ3) is 3.18. The fourth-order valence-electron chi connectivity index (χ4n) is 1.20. The predicted octanol–water partition coefficient (Wildman–Crippen LogP) is 2.44. The summed E-state index contributed by atoms with van der Waals surface area (Å²) in [5, 5.41) is 3.19. The summed E-state index contributed by atoms with van der Waals surface area (Å²) in [7, 11) is 0. The van der Waals surface area contributed by atoms with Gasteiger partial charge in [0, 0.05) is 5.56 Å². The molecule has 1 aromatic carbocycles. The molecule has 0 heterocycles. The Hall–Kier alpha value is -1.65. The van der Waals surface area contributed by atoms with E-state index in [1.807, 2.05) is 6.92 Å². The molecule has 0 aliphatic rings. The van der Waals surface area contributed by atoms with Crippen LogP contribution in [0.4, 0.5) is 8.78 Å². The highest BCUT2D eigenvalue weighted by atomic mass is 19.1. The lowest BCUT2D eigenvalue weighted by atomic mass is 10.2. The van der Waals surface area contributed by atoms with Crippen molar-refractivity contribution in [2.24, 2.45) is 10.9 Å². The van der Waals surface area contributed by atoms with Crippen LogP contribution in [0.2, 0.25) is 0 Å². The first-order valence-electron chi connectivity index (χ1n) is 5.04. The Kier molecular flexibility index (Phi) is 4.69. The summed E-state index contributed by atoms with van der Waals surface area (Å²) in [5.41, 5.74) is 0.264.